The zero-order valence-electron chi connectivity index (χ0n) is 15.3. The van der Waals surface area contributed by atoms with Crippen molar-refractivity contribution in [3.63, 3.8) is 0 Å². The predicted octanol–water partition coefficient (Wildman–Crippen LogP) is 2.20. The van der Waals surface area contributed by atoms with Gasteiger partial charge in [-0.3, -0.25) is 9.59 Å². The molecular formula is C18H25ClN2O5S. The van der Waals surface area contributed by atoms with E-state index in [0.717, 1.165) is 12.8 Å². The molecule has 1 saturated heterocycles. The molecule has 1 aliphatic rings. The first kappa shape index (κ1) is 21.7. The molecule has 0 aromatic heterocycles. The first-order chi connectivity index (χ1) is 12.8. The number of halogens is 1. The number of amides is 1. The van der Waals surface area contributed by atoms with Crippen LogP contribution in [0.4, 0.5) is 0 Å². The Hall–Kier alpha value is -1.64. The van der Waals surface area contributed by atoms with Gasteiger partial charge in [-0.1, -0.05) is 24.9 Å². The van der Waals surface area contributed by atoms with E-state index in [4.69, 9.17) is 16.3 Å². The topological polar surface area (TPSA) is 92.8 Å². The smallest absolute Gasteiger partial charge is 0.310 e. The van der Waals surface area contributed by atoms with E-state index >= 15 is 0 Å². The van der Waals surface area contributed by atoms with Crippen molar-refractivity contribution in [1.82, 2.24) is 9.62 Å². The molecule has 1 aliphatic heterocycles. The maximum atomic E-state index is 12.7. The van der Waals surface area contributed by atoms with Crippen LogP contribution in [0.15, 0.2) is 29.2 Å². The van der Waals surface area contributed by atoms with Gasteiger partial charge >= 0.3 is 5.97 Å². The highest BCUT2D eigenvalue weighted by molar-refractivity contribution is 7.89. The van der Waals surface area contributed by atoms with E-state index in [9.17, 15) is 18.0 Å². The maximum absolute atomic E-state index is 12.7. The third kappa shape index (κ3) is 6.19. The average molecular weight is 417 g/mol. The number of esters is 1. The van der Waals surface area contributed by atoms with Crippen LogP contribution < -0.4 is 5.32 Å². The van der Waals surface area contributed by atoms with Gasteiger partial charge in [-0.05, 0) is 43.5 Å². The van der Waals surface area contributed by atoms with Crippen molar-refractivity contribution in [3.05, 3.63) is 29.3 Å². The lowest BCUT2D eigenvalue weighted by molar-refractivity contribution is -0.153. The molecule has 1 N–H and O–H groups in total. The highest BCUT2D eigenvalue weighted by atomic mass is 35.5. The maximum Gasteiger partial charge on any atom is 0.310 e. The van der Waals surface area contributed by atoms with Gasteiger partial charge in [0.15, 0.2) is 6.61 Å². The van der Waals surface area contributed by atoms with Gasteiger partial charge in [-0.15, -0.1) is 0 Å². The van der Waals surface area contributed by atoms with Crippen molar-refractivity contribution in [2.45, 2.75) is 37.5 Å². The van der Waals surface area contributed by atoms with Crippen LogP contribution in [0.25, 0.3) is 0 Å². The zero-order chi connectivity index (χ0) is 19.9. The van der Waals surface area contributed by atoms with Crippen molar-refractivity contribution in [3.8, 4) is 0 Å². The number of sulfonamides is 1. The molecule has 150 valence electrons. The molecule has 1 amide bonds. The van der Waals surface area contributed by atoms with Crippen LogP contribution in [0.5, 0.6) is 0 Å². The van der Waals surface area contributed by atoms with Crippen molar-refractivity contribution in [2.75, 3.05) is 26.2 Å². The average Bonchev–Trinajstić information content (AvgIpc) is 2.67. The number of hydrogen-bond acceptors (Lipinski definition) is 5. The Balaban J connectivity index is 1.92. The Kier molecular flexibility index (Phi) is 8.07. The summed E-state index contributed by atoms with van der Waals surface area (Å²) in [6.07, 6.45) is 2.90. The van der Waals surface area contributed by atoms with E-state index in [0.29, 0.717) is 31.0 Å². The van der Waals surface area contributed by atoms with Crippen LogP contribution in [0.2, 0.25) is 5.02 Å². The van der Waals surface area contributed by atoms with E-state index in [1.807, 2.05) is 6.92 Å². The Labute approximate surface area is 165 Å². The number of rotatable bonds is 8. The van der Waals surface area contributed by atoms with Crippen molar-refractivity contribution >= 4 is 33.5 Å². The molecule has 1 unspecified atom stereocenters. The standard InChI is InChI=1S/C18H25ClN2O5S/c1-2-3-10-20-17(22)13-26-18(23)14-5-4-11-21(12-14)27(24,25)16-8-6-15(19)7-9-16/h6-9,14H,2-5,10-13H2,1H3,(H,20,22). The van der Waals surface area contributed by atoms with Crippen LogP contribution in [0.3, 0.4) is 0 Å². The van der Waals surface area contributed by atoms with Crippen molar-refractivity contribution in [2.24, 2.45) is 5.92 Å². The third-order valence-corrected chi connectivity index (χ3v) is 6.50. The molecular weight excluding hydrogens is 392 g/mol. The molecule has 7 nitrogen and oxygen atoms in total. The fraction of sp³-hybridized carbons (Fsp3) is 0.556. The number of carbonyl (C=O) groups is 2. The summed E-state index contributed by atoms with van der Waals surface area (Å²) in [5.41, 5.74) is 0. The minimum Gasteiger partial charge on any atom is -0.455 e. The van der Waals surface area contributed by atoms with Crippen LogP contribution >= 0.6 is 11.6 Å². The van der Waals surface area contributed by atoms with E-state index in [-0.39, 0.29) is 24.0 Å². The van der Waals surface area contributed by atoms with Gasteiger partial charge in [0.25, 0.3) is 5.91 Å². The molecule has 9 heteroatoms. The highest BCUT2D eigenvalue weighted by Gasteiger charge is 2.34. The summed E-state index contributed by atoms with van der Waals surface area (Å²) in [4.78, 5) is 24.0. The predicted molar refractivity (Wildman–Crippen MR) is 102 cm³/mol. The summed E-state index contributed by atoms with van der Waals surface area (Å²) in [7, 11) is -3.70. The molecule has 0 bridgehead atoms. The molecule has 1 atom stereocenters. The van der Waals surface area contributed by atoms with Gasteiger partial charge in [0, 0.05) is 24.7 Å². The van der Waals surface area contributed by atoms with Crippen LogP contribution in [-0.2, 0) is 24.3 Å². The Bertz CT molecular complexity index is 752. The number of nitrogens with one attached hydrogen (secondary N) is 1. The summed E-state index contributed by atoms with van der Waals surface area (Å²) in [5, 5.41) is 3.12. The van der Waals surface area contributed by atoms with Crippen LogP contribution in [-0.4, -0.2) is 50.8 Å². The number of unbranched alkanes of at least 4 members (excludes halogenated alkanes) is 1. The number of hydrogen-bond donors (Lipinski definition) is 1. The second kappa shape index (κ2) is 10.1. The minimum absolute atomic E-state index is 0.0429. The molecule has 0 aliphatic carbocycles. The van der Waals surface area contributed by atoms with Gasteiger partial charge < -0.3 is 10.1 Å². The van der Waals surface area contributed by atoms with Crippen LogP contribution in [0.1, 0.15) is 32.6 Å². The summed E-state index contributed by atoms with van der Waals surface area (Å²) in [6.45, 7) is 2.60. The highest BCUT2D eigenvalue weighted by Crippen LogP contribution is 2.25. The SMILES string of the molecule is CCCCNC(=O)COC(=O)C1CCCN(S(=O)(=O)c2ccc(Cl)cc2)C1. The fourth-order valence-corrected chi connectivity index (χ4v) is 4.47. The van der Waals surface area contributed by atoms with E-state index in [1.165, 1.54) is 28.6 Å². The van der Waals surface area contributed by atoms with Crippen molar-refractivity contribution in [1.29, 1.82) is 0 Å². The Morgan fingerprint density at radius 1 is 1.30 bits per heavy atom. The molecule has 1 heterocycles. The van der Waals surface area contributed by atoms with Crippen LogP contribution in [0, 0.1) is 5.92 Å². The number of ether oxygens (including phenoxy) is 1. The zero-order valence-corrected chi connectivity index (χ0v) is 16.9. The molecule has 0 saturated carbocycles. The van der Waals surface area contributed by atoms with E-state index in [1.54, 1.807) is 0 Å². The number of nitrogens with zero attached hydrogens (tertiary/aromatic N) is 1. The molecule has 27 heavy (non-hydrogen) atoms. The van der Waals surface area contributed by atoms with Gasteiger partial charge in [0.1, 0.15) is 0 Å². The molecule has 1 fully saturated rings. The molecule has 0 radical (unpaired) electrons. The summed E-state index contributed by atoms with van der Waals surface area (Å²) >= 11 is 5.81. The molecule has 0 spiro atoms. The largest absolute Gasteiger partial charge is 0.455 e. The first-order valence-corrected chi connectivity index (χ1v) is 10.9. The third-order valence-electron chi connectivity index (χ3n) is 4.37. The van der Waals surface area contributed by atoms with Gasteiger partial charge in [-0.2, -0.15) is 4.31 Å². The van der Waals surface area contributed by atoms with Gasteiger partial charge in [0.05, 0.1) is 10.8 Å². The Morgan fingerprint density at radius 3 is 2.67 bits per heavy atom. The van der Waals surface area contributed by atoms with E-state index in [2.05, 4.69) is 5.32 Å². The van der Waals surface area contributed by atoms with E-state index < -0.39 is 21.9 Å². The second-order valence-corrected chi connectivity index (χ2v) is 8.84. The van der Waals surface area contributed by atoms with Gasteiger partial charge in [-0.25, -0.2) is 8.42 Å². The van der Waals surface area contributed by atoms with Gasteiger partial charge in [0.2, 0.25) is 10.0 Å². The Morgan fingerprint density at radius 2 is 2.00 bits per heavy atom. The summed E-state index contributed by atoms with van der Waals surface area (Å²) in [5.74, 6) is -1.47. The second-order valence-electron chi connectivity index (χ2n) is 6.47. The molecule has 1 aromatic carbocycles. The fourth-order valence-electron chi connectivity index (χ4n) is 2.82. The normalized spacial score (nSPS) is 18.1. The monoisotopic (exact) mass is 416 g/mol. The quantitative estimate of drug-likeness (QED) is 0.518. The molecule has 2 rings (SSSR count). The minimum atomic E-state index is -3.70. The number of piperidine rings is 1. The summed E-state index contributed by atoms with van der Waals surface area (Å²) < 4.78 is 31.8. The lowest BCUT2D eigenvalue weighted by atomic mass is 10.00. The summed E-state index contributed by atoms with van der Waals surface area (Å²) in [6, 6.07) is 5.92. The molecule has 1 aromatic rings. The lowest BCUT2D eigenvalue weighted by Gasteiger charge is -2.30. The number of carbonyl (C=O) groups excluding carboxylic acids is 2. The first-order valence-electron chi connectivity index (χ1n) is 9.03. The number of benzene rings is 1. The lowest BCUT2D eigenvalue weighted by Crippen LogP contribution is -2.43. The van der Waals surface area contributed by atoms with Crippen molar-refractivity contribution < 1.29 is 22.7 Å².